The highest BCUT2D eigenvalue weighted by molar-refractivity contribution is 7.99. The molecule has 0 aromatic heterocycles. The van der Waals surface area contributed by atoms with Crippen molar-refractivity contribution in [1.29, 1.82) is 0 Å². The summed E-state index contributed by atoms with van der Waals surface area (Å²) in [6.45, 7) is 0. The summed E-state index contributed by atoms with van der Waals surface area (Å²) in [6.07, 6.45) is -4.32. The maximum absolute atomic E-state index is 12.7. The van der Waals surface area contributed by atoms with Gasteiger partial charge in [0.05, 0.1) is 5.56 Å². The third-order valence-electron chi connectivity index (χ3n) is 2.23. The summed E-state index contributed by atoms with van der Waals surface area (Å²) in [4.78, 5) is 1.45. The molecule has 0 radical (unpaired) electrons. The topological polar surface area (TPSA) is 0 Å². The summed E-state index contributed by atoms with van der Waals surface area (Å²) in [6, 6.07) is 10.7. The van der Waals surface area contributed by atoms with Crippen molar-refractivity contribution in [3.05, 3.63) is 59.9 Å². The first-order valence-electron chi connectivity index (χ1n) is 5.06. The van der Waals surface area contributed by atoms with Crippen molar-refractivity contribution in [2.45, 2.75) is 16.0 Å². The van der Waals surface area contributed by atoms with E-state index in [1.807, 2.05) is 0 Å². The van der Waals surface area contributed by atoms with Gasteiger partial charge in [-0.2, -0.15) is 13.2 Å². The summed E-state index contributed by atoms with van der Waals surface area (Å²) in [5.74, 6) is -0.341. The van der Waals surface area contributed by atoms with Crippen LogP contribution in [0, 0.1) is 5.82 Å². The molecule has 18 heavy (non-hydrogen) atoms. The lowest BCUT2D eigenvalue weighted by molar-refractivity contribution is -0.137. The Morgan fingerprint density at radius 3 is 1.61 bits per heavy atom. The monoisotopic (exact) mass is 272 g/mol. The lowest BCUT2D eigenvalue weighted by Gasteiger charge is -2.07. The Kier molecular flexibility index (Phi) is 3.61. The van der Waals surface area contributed by atoms with Gasteiger partial charge in [-0.15, -0.1) is 0 Å². The zero-order valence-electron chi connectivity index (χ0n) is 9.04. The fourth-order valence-electron chi connectivity index (χ4n) is 1.35. The quantitative estimate of drug-likeness (QED) is 0.693. The van der Waals surface area contributed by atoms with Crippen molar-refractivity contribution in [1.82, 2.24) is 0 Å². The van der Waals surface area contributed by atoms with Crippen LogP contribution in [0.25, 0.3) is 0 Å². The predicted molar refractivity (Wildman–Crippen MR) is 62.0 cm³/mol. The van der Waals surface area contributed by atoms with Gasteiger partial charge < -0.3 is 0 Å². The predicted octanol–water partition coefficient (Wildman–Crippen LogP) is 5.00. The second-order valence-electron chi connectivity index (χ2n) is 3.58. The molecule has 0 spiro atoms. The Bertz CT molecular complexity index is 514. The molecule has 0 aliphatic carbocycles. The third kappa shape index (κ3) is 3.26. The molecule has 5 heteroatoms. The number of alkyl halides is 3. The van der Waals surface area contributed by atoms with Crippen LogP contribution in [-0.2, 0) is 6.18 Å². The van der Waals surface area contributed by atoms with Crippen LogP contribution in [0.15, 0.2) is 58.3 Å². The summed E-state index contributed by atoms with van der Waals surface area (Å²) >= 11 is 1.28. The highest BCUT2D eigenvalue weighted by atomic mass is 32.2. The normalized spacial score (nSPS) is 11.6. The van der Waals surface area contributed by atoms with Gasteiger partial charge in [0, 0.05) is 9.79 Å². The van der Waals surface area contributed by atoms with Gasteiger partial charge in [-0.05, 0) is 48.5 Å². The Hall–Kier alpha value is -1.49. The Morgan fingerprint density at radius 1 is 0.722 bits per heavy atom. The fourth-order valence-corrected chi connectivity index (χ4v) is 2.17. The van der Waals surface area contributed by atoms with Crippen molar-refractivity contribution in [2.75, 3.05) is 0 Å². The molecule has 0 aliphatic heterocycles. The molecule has 94 valence electrons. The molecule has 0 fully saturated rings. The first-order valence-corrected chi connectivity index (χ1v) is 5.87. The number of hydrogen-bond donors (Lipinski definition) is 0. The van der Waals surface area contributed by atoms with E-state index in [2.05, 4.69) is 0 Å². The minimum atomic E-state index is -4.32. The van der Waals surface area contributed by atoms with E-state index in [4.69, 9.17) is 0 Å². The first-order chi connectivity index (χ1) is 8.45. The Balaban J connectivity index is 2.13. The molecule has 0 nitrogen and oxygen atoms in total. The molecule has 2 aromatic carbocycles. The van der Waals surface area contributed by atoms with Gasteiger partial charge in [-0.3, -0.25) is 0 Å². The van der Waals surface area contributed by atoms with Crippen LogP contribution in [0.3, 0.4) is 0 Å². The largest absolute Gasteiger partial charge is 0.416 e. The Labute approximate surface area is 106 Å². The summed E-state index contributed by atoms with van der Waals surface area (Å²) in [5, 5.41) is 0. The third-order valence-corrected chi connectivity index (χ3v) is 3.25. The van der Waals surface area contributed by atoms with E-state index in [-0.39, 0.29) is 5.82 Å². The van der Waals surface area contributed by atoms with E-state index in [1.54, 1.807) is 12.1 Å². The van der Waals surface area contributed by atoms with Crippen LogP contribution in [-0.4, -0.2) is 0 Å². The van der Waals surface area contributed by atoms with E-state index in [9.17, 15) is 17.6 Å². The Morgan fingerprint density at radius 2 is 1.17 bits per heavy atom. The summed E-state index contributed by atoms with van der Waals surface area (Å²) in [5.41, 5.74) is -0.675. The van der Waals surface area contributed by atoms with Crippen LogP contribution in [0.2, 0.25) is 0 Å². The van der Waals surface area contributed by atoms with Gasteiger partial charge in [0.2, 0.25) is 0 Å². The van der Waals surface area contributed by atoms with E-state index < -0.39 is 11.7 Å². The minimum absolute atomic E-state index is 0.341. The summed E-state index contributed by atoms with van der Waals surface area (Å²) in [7, 11) is 0. The zero-order valence-corrected chi connectivity index (χ0v) is 9.86. The van der Waals surface area contributed by atoms with Gasteiger partial charge in [0.25, 0.3) is 0 Å². The molecule has 0 bridgehead atoms. The van der Waals surface area contributed by atoms with E-state index >= 15 is 0 Å². The van der Waals surface area contributed by atoms with Gasteiger partial charge in [-0.1, -0.05) is 11.8 Å². The lowest BCUT2D eigenvalue weighted by atomic mass is 10.2. The van der Waals surface area contributed by atoms with Crippen LogP contribution < -0.4 is 0 Å². The van der Waals surface area contributed by atoms with Crippen molar-refractivity contribution < 1.29 is 17.6 Å². The minimum Gasteiger partial charge on any atom is -0.207 e. The zero-order chi connectivity index (χ0) is 13.2. The van der Waals surface area contributed by atoms with Crippen molar-refractivity contribution in [3.63, 3.8) is 0 Å². The van der Waals surface area contributed by atoms with Crippen LogP contribution in [0.5, 0.6) is 0 Å². The average Bonchev–Trinajstić information content (AvgIpc) is 2.32. The second-order valence-corrected chi connectivity index (χ2v) is 4.73. The van der Waals surface area contributed by atoms with Crippen LogP contribution in [0.1, 0.15) is 5.56 Å². The van der Waals surface area contributed by atoms with E-state index in [0.717, 1.165) is 17.0 Å². The number of halogens is 4. The molecule has 0 saturated heterocycles. The molecule has 0 amide bonds. The van der Waals surface area contributed by atoms with Crippen LogP contribution >= 0.6 is 11.8 Å². The average molecular weight is 272 g/mol. The number of hydrogen-bond acceptors (Lipinski definition) is 1. The molecular formula is C13H8F4S. The fraction of sp³-hybridized carbons (Fsp3) is 0.0769. The molecular weight excluding hydrogens is 264 g/mol. The molecule has 0 atom stereocenters. The molecule has 2 rings (SSSR count). The smallest absolute Gasteiger partial charge is 0.207 e. The lowest BCUT2D eigenvalue weighted by Crippen LogP contribution is -2.03. The number of benzene rings is 2. The van der Waals surface area contributed by atoms with Gasteiger partial charge >= 0.3 is 6.18 Å². The maximum Gasteiger partial charge on any atom is 0.416 e. The van der Waals surface area contributed by atoms with Crippen LogP contribution in [0.4, 0.5) is 17.6 Å². The molecule has 0 saturated carbocycles. The van der Waals surface area contributed by atoms with E-state index in [0.29, 0.717) is 4.90 Å². The molecule has 0 N–H and O–H groups in total. The van der Waals surface area contributed by atoms with Crippen molar-refractivity contribution in [3.8, 4) is 0 Å². The highest BCUT2D eigenvalue weighted by Gasteiger charge is 2.29. The molecule has 0 heterocycles. The van der Waals surface area contributed by atoms with Gasteiger partial charge in [-0.25, -0.2) is 4.39 Å². The number of rotatable bonds is 2. The molecule has 0 unspecified atom stereocenters. The SMILES string of the molecule is Fc1ccc(Sc2ccc(C(F)(F)F)cc2)cc1. The highest BCUT2D eigenvalue weighted by Crippen LogP contribution is 2.32. The second kappa shape index (κ2) is 5.02. The maximum atomic E-state index is 12.7. The first kappa shape index (κ1) is 13.0. The van der Waals surface area contributed by atoms with Crippen molar-refractivity contribution >= 4 is 11.8 Å². The van der Waals surface area contributed by atoms with Gasteiger partial charge in [0.1, 0.15) is 5.82 Å². The van der Waals surface area contributed by atoms with Gasteiger partial charge in [0.15, 0.2) is 0 Å². The molecule has 0 aliphatic rings. The van der Waals surface area contributed by atoms with Crippen molar-refractivity contribution in [2.24, 2.45) is 0 Å². The van der Waals surface area contributed by atoms with E-state index in [1.165, 1.54) is 36.0 Å². The standard InChI is InChI=1S/C13H8F4S/c14-10-3-7-12(8-4-10)18-11-5-1-9(2-6-11)13(15,16)17/h1-8H. The molecule has 2 aromatic rings. The summed E-state index contributed by atoms with van der Waals surface area (Å²) < 4.78 is 49.7.